The second-order valence-corrected chi connectivity index (χ2v) is 6.55. The first kappa shape index (κ1) is 21.1. The fourth-order valence-corrected chi connectivity index (χ4v) is 2.71. The molecule has 148 valence electrons. The third kappa shape index (κ3) is 6.51. The van der Waals surface area contributed by atoms with Crippen molar-refractivity contribution < 1.29 is 19.3 Å². The first-order chi connectivity index (χ1) is 13.4. The van der Waals surface area contributed by atoms with E-state index < -0.39 is 0 Å². The predicted molar refractivity (Wildman–Crippen MR) is 110 cm³/mol. The van der Waals surface area contributed by atoms with Gasteiger partial charge in [-0.05, 0) is 43.3 Å². The molecule has 2 aromatic rings. The molecule has 2 aromatic carbocycles. The van der Waals surface area contributed by atoms with Crippen LogP contribution >= 0.6 is 0 Å². The highest BCUT2D eigenvalue weighted by molar-refractivity contribution is 5.94. The van der Waals surface area contributed by atoms with E-state index in [4.69, 9.17) is 0 Å². The second-order valence-electron chi connectivity index (χ2n) is 6.55. The van der Waals surface area contributed by atoms with Crippen molar-refractivity contribution in [1.29, 1.82) is 0 Å². The van der Waals surface area contributed by atoms with Crippen LogP contribution in [0.2, 0.25) is 0 Å². The summed E-state index contributed by atoms with van der Waals surface area (Å²) < 4.78 is 0. The Labute approximate surface area is 165 Å². The number of amides is 3. The number of hydrogen-bond acceptors (Lipinski definition) is 3. The zero-order valence-electron chi connectivity index (χ0n) is 16.5. The molecule has 7 heteroatoms. The Morgan fingerprint density at radius 3 is 2.00 bits per heavy atom. The molecular weight excluding hydrogens is 356 g/mol. The Morgan fingerprint density at radius 2 is 1.46 bits per heavy atom. The molecule has 3 N–H and O–H groups in total. The van der Waals surface area contributed by atoms with E-state index >= 15 is 0 Å². The molecule has 1 unspecified atom stereocenters. The Morgan fingerprint density at radius 1 is 0.893 bits per heavy atom. The molecule has 0 aliphatic carbocycles. The maximum atomic E-state index is 12.5. The third-order valence-corrected chi connectivity index (χ3v) is 4.32. The van der Waals surface area contributed by atoms with Gasteiger partial charge in [0, 0.05) is 31.0 Å². The summed E-state index contributed by atoms with van der Waals surface area (Å²) in [5.74, 6) is -0.362. The molecule has 2 rings (SSSR count). The van der Waals surface area contributed by atoms with Gasteiger partial charge in [-0.2, -0.15) is 0 Å². The Kier molecular flexibility index (Phi) is 7.71. The van der Waals surface area contributed by atoms with Gasteiger partial charge in [0.25, 0.3) is 11.8 Å². The predicted octanol–water partition coefficient (Wildman–Crippen LogP) is 1.15. The molecule has 3 amide bonds. The minimum Gasteiger partial charge on any atom is -0.326 e. The van der Waals surface area contributed by atoms with Gasteiger partial charge in [-0.15, -0.1) is 0 Å². The summed E-state index contributed by atoms with van der Waals surface area (Å²) in [6.07, 6.45) is 0. The molecule has 0 heterocycles. The normalized spacial score (nSPS) is 11.4. The van der Waals surface area contributed by atoms with E-state index in [0.717, 1.165) is 10.6 Å². The number of likely N-dealkylation sites (N-methyl/N-ethyl adjacent to an activating group) is 2. The van der Waals surface area contributed by atoms with Crippen LogP contribution in [-0.4, -0.2) is 44.4 Å². The summed E-state index contributed by atoms with van der Waals surface area (Å²) in [6.45, 7) is 4.47. The molecule has 1 atom stereocenters. The van der Waals surface area contributed by atoms with Crippen LogP contribution in [0.5, 0.6) is 0 Å². The van der Waals surface area contributed by atoms with Crippen molar-refractivity contribution in [3.63, 3.8) is 0 Å². The molecule has 0 spiro atoms. The topological polar surface area (TPSA) is 83.0 Å². The van der Waals surface area contributed by atoms with E-state index in [0.29, 0.717) is 17.9 Å². The van der Waals surface area contributed by atoms with Gasteiger partial charge < -0.3 is 20.4 Å². The number of para-hydroxylation sites is 1. The molecule has 0 aromatic heterocycles. The van der Waals surface area contributed by atoms with Crippen LogP contribution in [0.1, 0.15) is 13.8 Å². The molecule has 28 heavy (non-hydrogen) atoms. The van der Waals surface area contributed by atoms with E-state index in [2.05, 4.69) is 10.6 Å². The van der Waals surface area contributed by atoms with Crippen molar-refractivity contribution in [2.75, 3.05) is 42.2 Å². The summed E-state index contributed by atoms with van der Waals surface area (Å²) >= 11 is 0. The summed E-state index contributed by atoms with van der Waals surface area (Å²) in [4.78, 5) is 38.4. The standard InChI is InChI=1S/C21H26N4O3/c1-4-25(15-21(28)24(3)19-8-6-5-7-9-19)14-20(27)23-18-12-10-17(11-13-18)22-16(2)26/h5-13H,4,14-15H2,1-3H3,(H,22,26)(H,23,27)/p+1. The van der Waals surface area contributed by atoms with Gasteiger partial charge in [-0.1, -0.05) is 18.2 Å². The quantitative estimate of drug-likeness (QED) is 0.640. The van der Waals surface area contributed by atoms with Gasteiger partial charge >= 0.3 is 0 Å². The van der Waals surface area contributed by atoms with Crippen molar-refractivity contribution in [2.24, 2.45) is 0 Å². The number of rotatable bonds is 8. The van der Waals surface area contributed by atoms with Crippen LogP contribution in [0.3, 0.4) is 0 Å². The van der Waals surface area contributed by atoms with Crippen molar-refractivity contribution in [2.45, 2.75) is 13.8 Å². The van der Waals surface area contributed by atoms with Crippen LogP contribution in [0.15, 0.2) is 54.6 Å². The Balaban J connectivity index is 1.88. The number of benzene rings is 2. The lowest BCUT2D eigenvalue weighted by molar-refractivity contribution is -0.881. The lowest BCUT2D eigenvalue weighted by Crippen LogP contribution is -3.14. The fourth-order valence-electron chi connectivity index (χ4n) is 2.71. The van der Waals surface area contributed by atoms with Crippen molar-refractivity contribution in [3.8, 4) is 0 Å². The molecule has 0 radical (unpaired) electrons. The average molecular weight is 383 g/mol. The van der Waals surface area contributed by atoms with E-state index in [1.54, 1.807) is 36.2 Å². The van der Waals surface area contributed by atoms with Gasteiger partial charge in [0.2, 0.25) is 5.91 Å². The number of hydrogen-bond donors (Lipinski definition) is 3. The van der Waals surface area contributed by atoms with Crippen molar-refractivity contribution >= 4 is 34.8 Å². The fraction of sp³-hybridized carbons (Fsp3) is 0.286. The summed E-state index contributed by atoms with van der Waals surface area (Å²) in [5.41, 5.74) is 2.13. The SMILES string of the molecule is CC[NH+](CC(=O)Nc1ccc(NC(C)=O)cc1)CC(=O)N(C)c1ccccc1. The van der Waals surface area contributed by atoms with Crippen LogP contribution in [0.25, 0.3) is 0 Å². The van der Waals surface area contributed by atoms with E-state index in [1.165, 1.54) is 6.92 Å². The molecule has 0 aliphatic heterocycles. The highest BCUT2D eigenvalue weighted by Gasteiger charge is 2.20. The van der Waals surface area contributed by atoms with Gasteiger partial charge in [0.15, 0.2) is 13.1 Å². The molecular formula is C21H27N4O3+. The number of carbonyl (C=O) groups excluding carboxylic acids is 3. The first-order valence-electron chi connectivity index (χ1n) is 9.21. The second kappa shape index (κ2) is 10.2. The number of nitrogens with one attached hydrogen (secondary N) is 3. The zero-order valence-corrected chi connectivity index (χ0v) is 16.5. The lowest BCUT2D eigenvalue weighted by atomic mass is 10.2. The third-order valence-electron chi connectivity index (χ3n) is 4.32. The lowest BCUT2D eigenvalue weighted by Gasteiger charge is -2.21. The number of quaternary nitrogens is 1. The van der Waals surface area contributed by atoms with Gasteiger partial charge in [-0.3, -0.25) is 14.4 Å². The largest absolute Gasteiger partial charge is 0.326 e. The molecule has 0 saturated carbocycles. The zero-order chi connectivity index (χ0) is 20.5. The van der Waals surface area contributed by atoms with E-state index in [9.17, 15) is 14.4 Å². The first-order valence-corrected chi connectivity index (χ1v) is 9.21. The summed E-state index contributed by atoms with van der Waals surface area (Å²) in [7, 11) is 1.74. The number of carbonyl (C=O) groups is 3. The maximum Gasteiger partial charge on any atom is 0.281 e. The van der Waals surface area contributed by atoms with Crippen LogP contribution in [0.4, 0.5) is 17.1 Å². The highest BCUT2D eigenvalue weighted by Crippen LogP contribution is 2.13. The molecule has 0 saturated heterocycles. The molecule has 7 nitrogen and oxygen atoms in total. The smallest absolute Gasteiger partial charge is 0.281 e. The van der Waals surface area contributed by atoms with Crippen molar-refractivity contribution in [1.82, 2.24) is 0 Å². The highest BCUT2D eigenvalue weighted by atomic mass is 16.2. The van der Waals surface area contributed by atoms with Crippen molar-refractivity contribution in [3.05, 3.63) is 54.6 Å². The molecule has 0 aliphatic rings. The molecule has 0 fully saturated rings. The molecule has 0 bridgehead atoms. The average Bonchev–Trinajstić information content (AvgIpc) is 2.68. The summed E-state index contributed by atoms with van der Waals surface area (Å²) in [6, 6.07) is 16.3. The number of anilines is 3. The minimum atomic E-state index is -0.167. The maximum absolute atomic E-state index is 12.5. The Hall–Kier alpha value is -3.19. The minimum absolute atomic E-state index is 0.0458. The van der Waals surface area contributed by atoms with Crippen LogP contribution in [-0.2, 0) is 14.4 Å². The Bertz CT molecular complexity index is 806. The summed E-state index contributed by atoms with van der Waals surface area (Å²) in [5, 5.41) is 5.50. The van der Waals surface area contributed by atoms with E-state index in [1.807, 2.05) is 37.3 Å². The van der Waals surface area contributed by atoms with Gasteiger partial charge in [0.1, 0.15) is 0 Å². The van der Waals surface area contributed by atoms with Gasteiger partial charge in [-0.25, -0.2) is 0 Å². The monoisotopic (exact) mass is 383 g/mol. The number of nitrogens with zero attached hydrogens (tertiary/aromatic N) is 1. The van der Waals surface area contributed by atoms with Crippen LogP contribution < -0.4 is 20.4 Å². The van der Waals surface area contributed by atoms with Crippen LogP contribution in [0, 0.1) is 0 Å². The van der Waals surface area contributed by atoms with E-state index in [-0.39, 0.29) is 30.8 Å². The van der Waals surface area contributed by atoms with Gasteiger partial charge in [0.05, 0.1) is 6.54 Å².